The molecule has 4 rings (SSSR count). The summed E-state index contributed by atoms with van der Waals surface area (Å²) in [6, 6.07) is 9.70. The van der Waals surface area contributed by atoms with Gasteiger partial charge in [0.05, 0.1) is 23.3 Å². The van der Waals surface area contributed by atoms with Crippen molar-refractivity contribution in [3.63, 3.8) is 0 Å². The van der Waals surface area contributed by atoms with Crippen LogP contribution in [0, 0.1) is 18.3 Å². The summed E-state index contributed by atoms with van der Waals surface area (Å²) in [6.07, 6.45) is 5.88. The summed E-state index contributed by atoms with van der Waals surface area (Å²) in [5.74, 6) is 0.448. The number of thiazole rings is 1. The fourth-order valence-electron chi connectivity index (χ4n) is 3.52. The molecule has 142 valence electrons. The van der Waals surface area contributed by atoms with Gasteiger partial charge in [0.2, 0.25) is 0 Å². The normalized spacial score (nSPS) is 17.2. The zero-order valence-corrected chi connectivity index (χ0v) is 16.6. The van der Waals surface area contributed by atoms with Gasteiger partial charge < -0.3 is 5.32 Å². The quantitative estimate of drug-likeness (QED) is 0.702. The van der Waals surface area contributed by atoms with Gasteiger partial charge in [-0.2, -0.15) is 5.26 Å². The molecule has 0 bridgehead atoms. The summed E-state index contributed by atoms with van der Waals surface area (Å²) in [6.45, 7) is 5.14. The first kappa shape index (κ1) is 18.5. The van der Waals surface area contributed by atoms with Gasteiger partial charge in [0.1, 0.15) is 11.8 Å². The first-order valence-electron chi connectivity index (χ1n) is 9.43. The van der Waals surface area contributed by atoms with Crippen LogP contribution in [-0.4, -0.2) is 32.9 Å². The number of hydrogen-bond donors (Lipinski definition) is 1. The third-order valence-electron chi connectivity index (χ3n) is 5.07. The number of likely N-dealkylation sites (tertiary alicyclic amines) is 1. The standard InChI is InChI=1S/C21H22N6S/c1-15-4-2-8-23-19(15)13-27-9-3-5-16(12-27)20-14-28-21(26-20)25-18-7-6-17(10-22)24-11-18/h2,4,6-8,11,14,16H,3,5,9,12-13H2,1H3,(H,25,26)/t16-/m0/s1. The van der Waals surface area contributed by atoms with E-state index >= 15 is 0 Å². The van der Waals surface area contributed by atoms with Gasteiger partial charge in [0.25, 0.3) is 0 Å². The average molecular weight is 391 g/mol. The van der Waals surface area contributed by atoms with Crippen molar-refractivity contribution in [2.75, 3.05) is 18.4 Å². The number of pyridine rings is 2. The Hall–Kier alpha value is -2.82. The summed E-state index contributed by atoms with van der Waals surface area (Å²) in [4.78, 5) is 15.9. The molecule has 0 radical (unpaired) electrons. The molecule has 0 unspecified atom stereocenters. The Labute approximate surface area is 168 Å². The smallest absolute Gasteiger partial charge is 0.187 e. The molecule has 1 fully saturated rings. The van der Waals surface area contributed by atoms with Crippen molar-refractivity contribution in [1.82, 2.24) is 19.9 Å². The van der Waals surface area contributed by atoms with Crippen LogP contribution in [0.1, 0.15) is 41.4 Å². The van der Waals surface area contributed by atoms with E-state index in [1.807, 2.05) is 24.4 Å². The van der Waals surface area contributed by atoms with Gasteiger partial charge in [0.15, 0.2) is 5.13 Å². The van der Waals surface area contributed by atoms with Gasteiger partial charge in [-0.1, -0.05) is 6.07 Å². The van der Waals surface area contributed by atoms with Crippen LogP contribution < -0.4 is 5.32 Å². The van der Waals surface area contributed by atoms with Crippen molar-refractivity contribution < 1.29 is 0 Å². The predicted molar refractivity (Wildman–Crippen MR) is 111 cm³/mol. The lowest BCUT2D eigenvalue weighted by molar-refractivity contribution is 0.196. The van der Waals surface area contributed by atoms with Crippen LogP contribution in [0.15, 0.2) is 42.0 Å². The largest absolute Gasteiger partial charge is 0.330 e. The number of piperidine rings is 1. The summed E-state index contributed by atoms with van der Waals surface area (Å²) in [7, 11) is 0. The molecule has 1 saturated heterocycles. The molecule has 28 heavy (non-hydrogen) atoms. The van der Waals surface area contributed by atoms with Crippen LogP contribution in [0.4, 0.5) is 10.8 Å². The Bertz CT molecular complexity index is 975. The molecule has 6 nitrogen and oxygen atoms in total. The molecule has 0 amide bonds. The minimum Gasteiger partial charge on any atom is -0.330 e. The maximum atomic E-state index is 8.84. The van der Waals surface area contributed by atoms with Crippen LogP contribution in [0.25, 0.3) is 0 Å². The van der Waals surface area contributed by atoms with E-state index < -0.39 is 0 Å². The molecule has 0 saturated carbocycles. The number of rotatable bonds is 5. The van der Waals surface area contributed by atoms with E-state index in [2.05, 4.69) is 38.6 Å². The van der Waals surface area contributed by atoms with E-state index in [1.54, 1.807) is 23.6 Å². The Morgan fingerprint density at radius 2 is 2.25 bits per heavy atom. The van der Waals surface area contributed by atoms with Gasteiger partial charge in [0, 0.05) is 30.6 Å². The van der Waals surface area contributed by atoms with Crippen LogP contribution in [0.5, 0.6) is 0 Å². The first-order valence-corrected chi connectivity index (χ1v) is 10.3. The molecule has 0 spiro atoms. The molecule has 4 heterocycles. The van der Waals surface area contributed by atoms with Gasteiger partial charge >= 0.3 is 0 Å². The zero-order chi connectivity index (χ0) is 19.3. The number of aryl methyl sites for hydroxylation is 1. The Balaban J connectivity index is 1.40. The molecule has 3 aromatic heterocycles. The van der Waals surface area contributed by atoms with Crippen LogP contribution in [-0.2, 0) is 6.54 Å². The molecular formula is C21H22N6S. The second kappa shape index (κ2) is 8.46. The van der Waals surface area contributed by atoms with Crippen LogP contribution in [0.3, 0.4) is 0 Å². The molecule has 1 N–H and O–H groups in total. The third kappa shape index (κ3) is 4.35. The van der Waals surface area contributed by atoms with E-state index in [1.165, 1.54) is 18.4 Å². The SMILES string of the molecule is Cc1cccnc1CN1CCC[C@H](c2csc(Nc3ccc(C#N)nc3)n2)C1. The zero-order valence-electron chi connectivity index (χ0n) is 15.8. The summed E-state index contributed by atoms with van der Waals surface area (Å²) < 4.78 is 0. The maximum absolute atomic E-state index is 8.84. The van der Waals surface area contributed by atoms with Crippen molar-refractivity contribution in [3.8, 4) is 6.07 Å². The fourth-order valence-corrected chi connectivity index (χ4v) is 4.34. The first-order chi connectivity index (χ1) is 13.7. The highest BCUT2D eigenvalue weighted by Crippen LogP contribution is 2.31. The van der Waals surface area contributed by atoms with E-state index in [0.717, 1.165) is 41.8 Å². The van der Waals surface area contributed by atoms with Crippen molar-refractivity contribution >= 4 is 22.2 Å². The number of nitriles is 1. The van der Waals surface area contributed by atoms with Crippen LogP contribution in [0.2, 0.25) is 0 Å². The summed E-state index contributed by atoms with van der Waals surface area (Å²) >= 11 is 1.61. The highest BCUT2D eigenvalue weighted by atomic mass is 32.1. The van der Waals surface area contributed by atoms with Gasteiger partial charge in [-0.25, -0.2) is 9.97 Å². The van der Waals surface area contributed by atoms with Gasteiger partial charge in [-0.05, 0) is 50.1 Å². The predicted octanol–water partition coefficient (Wildman–Crippen LogP) is 4.24. The fraction of sp³-hybridized carbons (Fsp3) is 0.333. The lowest BCUT2D eigenvalue weighted by atomic mass is 9.95. The molecule has 0 aromatic carbocycles. The molecule has 1 atom stereocenters. The van der Waals surface area contributed by atoms with E-state index in [9.17, 15) is 0 Å². The Morgan fingerprint density at radius 3 is 3.04 bits per heavy atom. The molecule has 1 aliphatic heterocycles. The summed E-state index contributed by atoms with van der Waals surface area (Å²) in [5, 5.41) is 15.1. The lowest BCUT2D eigenvalue weighted by Gasteiger charge is -2.32. The monoisotopic (exact) mass is 390 g/mol. The highest BCUT2D eigenvalue weighted by molar-refractivity contribution is 7.13. The number of hydrogen-bond acceptors (Lipinski definition) is 7. The third-order valence-corrected chi connectivity index (χ3v) is 5.84. The average Bonchev–Trinajstić information content (AvgIpc) is 3.19. The minimum absolute atomic E-state index is 0.413. The maximum Gasteiger partial charge on any atom is 0.187 e. The van der Waals surface area contributed by atoms with E-state index in [4.69, 9.17) is 10.2 Å². The van der Waals surface area contributed by atoms with Crippen molar-refractivity contribution in [2.24, 2.45) is 0 Å². The Kier molecular flexibility index (Phi) is 5.60. The highest BCUT2D eigenvalue weighted by Gasteiger charge is 2.24. The van der Waals surface area contributed by atoms with E-state index in [0.29, 0.717) is 11.6 Å². The summed E-state index contributed by atoms with van der Waals surface area (Å²) in [5.41, 5.74) is 4.82. The number of aromatic nitrogens is 3. The second-order valence-corrected chi connectivity index (χ2v) is 7.95. The Morgan fingerprint density at radius 1 is 1.32 bits per heavy atom. The number of nitrogens with one attached hydrogen (secondary N) is 1. The molecule has 1 aliphatic rings. The van der Waals surface area contributed by atoms with Crippen LogP contribution >= 0.6 is 11.3 Å². The molecule has 0 aliphatic carbocycles. The number of anilines is 2. The van der Waals surface area contributed by atoms with Crippen molar-refractivity contribution in [3.05, 3.63) is 64.7 Å². The minimum atomic E-state index is 0.413. The lowest BCUT2D eigenvalue weighted by Crippen LogP contribution is -2.34. The van der Waals surface area contributed by atoms with E-state index in [-0.39, 0.29) is 0 Å². The van der Waals surface area contributed by atoms with Crippen molar-refractivity contribution in [2.45, 2.75) is 32.2 Å². The molecular weight excluding hydrogens is 368 g/mol. The molecule has 3 aromatic rings. The second-order valence-electron chi connectivity index (χ2n) is 7.09. The van der Waals surface area contributed by atoms with Gasteiger partial charge in [-0.3, -0.25) is 9.88 Å². The van der Waals surface area contributed by atoms with Gasteiger partial charge in [-0.15, -0.1) is 11.3 Å². The topological polar surface area (TPSA) is 77.7 Å². The van der Waals surface area contributed by atoms with Crippen molar-refractivity contribution in [1.29, 1.82) is 5.26 Å². The number of nitrogens with zero attached hydrogens (tertiary/aromatic N) is 5. The molecule has 7 heteroatoms.